The summed E-state index contributed by atoms with van der Waals surface area (Å²) >= 11 is 5.25. The van der Waals surface area contributed by atoms with Gasteiger partial charge in [-0.1, -0.05) is 26.0 Å². The van der Waals surface area contributed by atoms with Crippen LogP contribution in [0.4, 0.5) is 11.4 Å². The Morgan fingerprint density at radius 1 is 1.09 bits per heavy atom. The molecule has 2 aromatic carbocycles. The van der Waals surface area contributed by atoms with Gasteiger partial charge in [-0.05, 0) is 72.6 Å². The molecule has 2 heterocycles. The van der Waals surface area contributed by atoms with E-state index in [1.54, 1.807) is 37.3 Å². The molecule has 0 unspecified atom stereocenters. The number of hydrogen-bond acceptors (Lipinski definition) is 6. The van der Waals surface area contributed by atoms with Gasteiger partial charge in [-0.3, -0.25) is 29.9 Å². The van der Waals surface area contributed by atoms with Crippen molar-refractivity contribution in [3.8, 4) is 11.3 Å². The third kappa shape index (κ3) is 4.38. The summed E-state index contributed by atoms with van der Waals surface area (Å²) in [7, 11) is 0. The van der Waals surface area contributed by atoms with Gasteiger partial charge in [0.25, 0.3) is 17.5 Å². The first-order valence-corrected chi connectivity index (χ1v) is 10.9. The second kappa shape index (κ2) is 9.03. The maximum absolute atomic E-state index is 13.2. The lowest BCUT2D eigenvalue weighted by molar-refractivity contribution is -0.384. The minimum atomic E-state index is -0.616. The average molecular weight is 476 g/mol. The van der Waals surface area contributed by atoms with Crippen molar-refractivity contribution in [3.63, 3.8) is 0 Å². The average Bonchev–Trinajstić information content (AvgIpc) is 3.25. The Labute approximate surface area is 201 Å². The fourth-order valence-corrected chi connectivity index (χ4v) is 3.94. The molecule has 0 atom stereocenters. The molecule has 34 heavy (non-hydrogen) atoms. The summed E-state index contributed by atoms with van der Waals surface area (Å²) in [6.07, 6.45) is 1.36. The summed E-state index contributed by atoms with van der Waals surface area (Å²) in [5.74, 6) is -0.0977. The molecule has 0 radical (unpaired) electrons. The summed E-state index contributed by atoms with van der Waals surface area (Å²) in [5.41, 5.74) is 2.86. The Hall–Kier alpha value is -4.11. The minimum Gasteiger partial charge on any atom is -0.457 e. The molecule has 9 heteroatoms. The van der Waals surface area contributed by atoms with Crippen molar-refractivity contribution in [2.24, 2.45) is 0 Å². The smallest absolute Gasteiger partial charge is 0.270 e. The molecule has 0 saturated carbocycles. The number of nitro groups is 1. The van der Waals surface area contributed by atoms with Crippen molar-refractivity contribution in [2.75, 3.05) is 4.90 Å². The van der Waals surface area contributed by atoms with Gasteiger partial charge < -0.3 is 4.42 Å². The number of thiocarbonyl (C=S) groups is 1. The molecule has 1 fully saturated rings. The van der Waals surface area contributed by atoms with Crippen molar-refractivity contribution in [1.82, 2.24) is 5.32 Å². The van der Waals surface area contributed by atoms with Crippen molar-refractivity contribution in [1.29, 1.82) is 0 Å². The fourth-order valence-electron chi connectivity index (χ4n) is 3.66. The topological polar surface area (TPSA) is 106 Å². The van der Waals surface area contributed by atoms with E-state index in [0.717, 1.165) is 5.56 Å². The zero-order valence-electron chi connectivity index (χ0n) is 18.7. The quantitative estimate of drug-likeness (QED) is 0.181. The molecule has 0 spiro atoms. The molecular formula is C25H21N3O5S. The van der Waals surface area contributed by atoms with Crippen LogP contribution in [0.5, 0.6) is 0 Å². The number of non-ortho nitro benzene ring substituents is 1. The van der Waals surface area contributed by atoms with Crippen molar-refractivity contribution in [3.05, 3.63) is 87.2 Å². The van der Waals surface area contributed by atoms with Crippen LogP contribution < -0.4 is 10.2 Å². The largest absolute Gasteiger partial charge is 0.457 e. The Kier molecular flexibility index (Phi) is 6.12. The van der Waals surface area contributed by atoms with E-state index in [-0.39, 0.29) is 22.1 Å². The standard InChI is InChI=1S/C25H21N3O5S/c1-14(2)16-4-6-17(7-5-16)27-24(30)21(23(29)26-25(27)34)13-19-9-11-22(33-19)20-10-8-18(28(31)32)12-15(20)3/h4-14H,1-3H3,(H,26,29,34)/b21-13-. The summed E-state index contributed by atoms with van der Waals surface area (Å²) < 4.78 is 5.83. The molecule has 172 valence electrons. The maximum atomic E-state index is 13.2. The number of nitro benzene ring substituents is 1. The minimum absolute atomic E-state index is 0.00563. The van der Waals surface area contributed by atoms with E-state index in [9.17, 15) is 19.7 Å². The molecule has 0 aliphatic carbocycles. The van der Waals surface area contributed by atoms with E-state index in [0.29, 0.717) is 28.5 Å². The lowest BCUT2D eigenvalue weighted by Crippen LogP contribution is -2.54. The molecule has 3 aromatic rings. The third-order valence-electron chi connectivity index (χ3n) is 5.52. The number of rotatable bonds is 5. The van der Waals surface area contributed by atoms with Crippen molar-refractivity contribution < 1.29 is 18.9 Å². The lowest BCUT2D eigenvalue weighted by atomic mass is 10.0. The van der Waals surface area contributed by atoms with Crippen molar-refractivity contribution >= 4 is 46.6 Å². The van der Waals surface area contributed by atoms with E-state index in [1.165, 1.54) is 23.1 Å². The molecule has 0 bridgehead atoms. The molecule has 1 aliphatic heterocycles. The van der Waals surface area contributed by atoms with Crippen LogP contribution in [0.25, 0.3) is 17.4 Å². The van der Waals surface area contributed by atoms with Crippen LogP contribution in [0.3, 0.4) is 0 Å². The van der Waals surface area contributed by atoms with Gasteiger partial charge in [-0.25, -0.2) is 0 Å². The predicted molar refractivity (Wildman–Crippen MR) is 132 cm³/mol. The van der Waals surface area contributed by atoms with E-state index in [1.807, 2.05) is 12.1 Å². The lowest BCUT2D eigenvalue weighted by Gasteiger charge is -2.29. The van der Waals surface area contributed by atoms with E-state index >= 15 is 0 Å². The SMILES string of the molecule is Cc1cc([N+](=O)[O-])ccc1-c1ccc(/C=C2/C(=O)NC(=S)N(c3ccc(C(C)C)cc3)C2=O)o1. The number of nitrogens with zero attached hydrogens (tertiary/aromatic N) is 2. The Balaban J connectivity index is 1.64. The number of carbonyl (C=O) groups excluding carboxylic acids is 2. The van der Waals surface area contributed by atoms with Gasteiger partial charge >= 0.3 is 0 Å². The van der Waals surface area contributed by atoms with Crippen LogP contribution >= 0.6 is 12.2 Å². The first-order chi connectivity index (χ1) is 16.2. The summed E-state index contributed by atoms with van der Waals surface area (Å²) in [6.45, 7) is 5.88. The number of nitrogens with one attached hydrogen (secondary N) is 1. The highest BCUT2D eigenvalue weighted by Crippen LogP contribution is 2.30. The molecule has 2 amide bonds. The summed E-state index contributed by atoms with van der Waals surface area (Å²) in [6, 6.07) is 15.2. The maximum Gasteiger partial charge on any atom is 0.270 e. The number of anilines is 1. The van der Waals surface area contributed by atoms with Gasteiger partial charge in [0, 0.05) is 17.7 Å². The van der Waals surface area contributed by atoms with Gasteiger partial charge in [0.05, 0.1) is 10.6 Å². The summed E-state index contributed by atoms with van der Waals surface area (Å²) in [4.78, 5) is 37.5. The van der Waals surface area contributed by atoms with Crippen molar-refractivity contribution in [2.45, 2.75) is 26.7 Å². The first kappa shape index (κ1) is 23.1. The number of carbonyl (C=O) groups is 2. The molecule has 1 N–H and O–H groups in total. The van der Waals surface area contributed by atoms with Gasteiger partial charge in [0.1, 0.15) is 17.1 Å². The molecule has 4 rings (SSSR count). The molecule has 1 aliphatic rings. The van der Waals surface area contributed by atoms with E-state index in [2.05, 4.69) is 19.2 Å². The number of hydrogen-bond donors (Lipinski definition) is 1. The van der Waals surface area contributed by atoms with Crippen LogP contribution in [0.15, 0.2) is 64.6 Å². The van der Waals surface area contributed by atoms with Crippen LogP contribution in [0.2, 0.25) is 0 Å². The highest BCUT2D eigenvalue weighted by molar-refractivity contribution is 7.80. The molecule has 1 saturated heterocycles. The van der Waals surface area contributed by atoms with Gasteiger partial charge in [0.2, 0.25) is 0 Å². The van der Waals surface area contributed by atoms with Crippen LogP contribution in [-0.4, -0.2) is 21.9 Å². The zero-order valence-corrected chi connectivity index (χ0v) is 19.5. The number of furan rings is 1. The third-order valence-corrected chi connectivity index (χ3v) is 5.80. The highest BCUT2D eigenvalue weighted by Gasteiger charge is 2.34. The first-order valence-electron chi connectivity index (χ1n) is 10.5. The molecule has 1 aromatic heterocycles. The number of benzene rings is 2. The predicted octanol–water partition coefficient (Wildman–Crippen LogP) is 5.12. The fraction of sp³-hybridized carbons (Fsp3) is 0.160. The van der Waals surface area contributed by atoms with Gasteiger partial charge in [-0.15, -0.1) is 0 Å². The zero-order chi connectivity index (χ0) is 24.6. The summed E-state index contributed by atoms with van der Waals surface area (Å²) in [5, 5.41) is 13.5. The van der Waals surface area contributed by atoms with Crippen LogP contribution in [-0.2, 0) is 9.59 Å². The van der Waals surface area contributed by atoms with E-state index in [4.69, 9.17) is 16.6 Å². The second-order valence-corrected chi connectivity index (χ2v) is 8.55. The second-order valence-electron chi connectivity index (χ2n) is 8.16. The van der Waals surface area contributed by atoms with E-state index < -0.39 is 16.7 Å². The Morgan fingerprint density at radius 2 is 1.79 bits per heavy atom. The van der Waals surface area contributed by atoms with Gasteiger partial charge in [0.15, 0.2) is 5.11 Å². The Morgan fingerprint density at radius 3 is 2.41 bits per heavy atom. The van der Waals surface area contributed by atoms with Crippen LogP contribution in [0, 0.1) is 17.0 Å². The monoisotopic (exact) mass is 475 g/mol. The normalized spacial score (nSPS) is 15.2. The Bertz CT molecular complexity index is 1360. The molecule has 8 nitrogen and oxygen atoms in total. The number of aryl methyl sites for hydroxylation is 1. The molecular weight excluding hydrogens is 454 g/mol. The number of amides is 2. The highest BCUT2D eigenvalue weighted by atomic mass is 32.1. The van der Waals surface area contributed by atoms with Gasteiger partial charge in [-0.2, -0.15) is 0 Å². The van der Waals surface area contributed by atoms with Crippen LogP contribution in [0.1, 0.15) is 36.7 Å².